The molecule has 7 heteroatoms. The molecule has 0 bridgehead atoms. The van der Waals surface area contributed by atoms with Gasteiger partial charge in [0, 0.05) is 6.26 Å². The smallest absolute Gasteiger partial charge is 0.238 e. The maximum atomic E-state index is 11.9. The summed E-state index contributed by atoms with van der Waals surface area (Å²) in [6.45, 7) is 4.17. The summed E-state index contributed by atoms with van der Waals surface area (Å²) in [7, 11) is -3.40. The van der Waals surface area contributed by atoms with Gasteiger partial charge < -0.3 is 14.8 Å². The van der Waals surface area contributed by atoms with Gasteiger partial charge in [-0.1, -0.05) is 6.07 Å². The van der Waals surface area contributed by atoms with E-state index in [9.17, 15) is 13.2 Å². The predicted octanol–water partition coefficient (Wildman–Crippen LogP) is 1.07. The zero-order chi connectivity index (χ0) is 15.6. The maximum Gasteiger partial charge on any atom is 0.238 e. The van der Waals surface area contributed by atoms with E-state index in [0.29, 0.717) is 24.7 Å². The highest BCUT2D eigenvalue weighted by atomic mass is 32.2. The van der Waals surface area contributed by atoms with Gasteiger partial charge in [-0.2, -0.15) is 0 Å². The molecule has 6 nitrogen and oxygen atoms in total. The van der Waals surface area contributed by atoms with Crippen LogP contribution in [-0.4, -0.2) is 39.0 Å². The van der Waals surface area contributed by atoms with E-state index in [1.807, 2.05) is 6.07 Å². The Hall–Kier alpha value is -1.76. The molecule has 2 rings (SSSR count). The van der Waals surface area contributed by atoms with Crippen molar-refractivity contribution in [2.24, 2.45) is 0 Å². The summed E-state index contributed by atoms with van der Waals surface area (Å²) in [4.78, 5) is 11.9. The molecule has 0 saturated carbocycles. The number of hydrogen-bond donors (Lipinski definition) is 1. The summed E-state index contributed by atoms with van der Waals surface area (Å²) in [6.07, 6.45) is 1.05. The van der Waals surface area contributed by atoms with E-state index in [4.69, 9.17) is 9.47 Å². The molecule has 1 aromatic carbocycles. The number of fused-ring (bicyclic) bond motifs is 1. The molecule has 1 amide bonds. The highest BCUT2D eigenvalue weighted by molar-refractivity contribution is 7.92. The first-order chi connectivity index (χ1) is 9.79. The number of amides is 1. The van der Waals surface area contributed by atoms with Gasteiger partial charge in [-0.3, -0.25) is 4.79 Å². The number of nitrogens with one attached hydrogen (secondary N) is 1. The average Bonchev–Trinajstić information content (AvgIpc) is 2.44. The molecule has 116 valence electrons. The number of carbonyl (C=O) groups excluding carboxylic acids is 1. The molecular weight excluding hydrogens is 294 g/mol. The first kappa shape index (κ1) is 15.6. The third-order valence-corrected chi connectivity index (χ3v) is 4.93. The van der Waals surface area contributed by atoms with E-state index in [-0.39, 0.29) is 6.04 Å². The molecular formula is C14H19NO5S. The van der Waals surface area contributed by atoms with E-state index in [2.05, 4.69) is 5.32 Å². The molecule has 1 heterocycles. The van der Waals surface area contributed by atoms with Gasteiger partial charge >= 0.3 is 0 Å². The second kappa shape index (κ2) is 5.93. The van der Waals surface area contributed by atoms with Crippen molar-refractivity contribution in [1.29, 1.82) is 0 Å². The van der Waals surface area contributed by atoms with Crippen molar-refractivity contribution >= 4 is 15.7 Å². The summed E-state index contributed by atoms with van der Waals surface area (Å²) in [5, 5.41) is 1.62. The number of carbonyl (C=O) groups is 1. The number of rotatable bonds is 4. The van der Waals surface area contributed by atoms with Gasteiger partial charge in [0.05, 0.1) is 6.04 Å². The van der Waals surface area contributed by atoms with Crippen molar-refractivity contribution in [3.63, 3.8) is 0 Å². The lowest BCUT2D eigenvalue weighted by Crippen LogP contribution is -2.38. The molecule has 0 aliphatic carbocycles. The van der Waals surface area contributed by atoms with Crippen LogP contribution in [0.5, 0.6) is 11.5 Å². The van der Waals surface area contributed by atoms with Crippen LogP contribution in [0.15, 0.2) is 18.2 Å². The van der Waals surface area contributed by atoms with E-state index in [1.54, 1.807) is 19.1 Å². The standard InChI is InChI=1S/C14H19NO5S/c1-9(15-14(16)10(2)21(3,17)18)11-4-5-12-13(8-11)20-7-6-19-12/h4-5,8-10H,6-7H2,1-3H3,(H,15,16)/t9-,10+/m0/s1. The van der Waals surface area contributed by atoms with Crippen LogP contribution in [-0.2, 0) is 14.6 Å². The Morgan fingerprint density at radius 2 is 1.81 bits per heavy atom. The average molecular weight is 313 g/mol. The molecule has 0 fully saturated rings. The van der Waals surface area contributed by atoms with Gasteiger partial charge in [0.2, 0.25) is 5.91 Å². The predicted molar refractivity (Wildman–Crippen MR) is 78.3 cm³/mol. The third kappa shape index (κ3) is 3.66. The fraction of sp³-hybridized carbons (Fsp3) is 0.500. The molecule has 21 heavy (non-hydrogen) atoms. The maximum absolute atomic E-state index is 11.9. The van der Waals surface area contributed by atoms with Crippen LogP contribution in [0.1, 0.15) is 25.5 Å². The minimum atomic E-state index is -3.40. The molecule has 1 aliphatic heterocycles. The van der Waals surface area contributed by atoms with Crippen LogP contribution in [0, 0.1) is 0 Å². The highest BCUT2D eigenvalue weighted by Gasteiger charge is 2.25. The van der Waals surface area contributed by atoms with E-state index < -0.39 is 21.0 Å². The minimum Gasteiger partial charge on any atom is -0.486 e. The van der Waals surface area contributed by atoms with Crippen molar-refractivity contribution in [2.45, 2.75) is 25.1 Å². The van der Waals surface area contributed by atoms with Crippen molar-refractivity contribution in [3.05, 3.63) is 23.8 Å². The molecule has 0 aromatic heterocycles. The Morgan fingerprint density at radius 3 is 2.43 bits per heavy atom. The Morgan fingerprint density at radius 1 is 1.19 bits per heavy atom. The second-order valence-corrected chi connectivity index (χ2v) is 7.47. The topological polar surface area (TPSA) is 81.7 Å². The molecule has 0 unspecified atom stereocenters. The Kier molecular flexibility index (Phi) is 4.41. The summed E-state index contributed by atoms with van der Waals surface area (Å²) in [5.41, 5.74) is 0.827. The molecule has 1 aromatic rings. The molecule has 1 aliphatic rings. The Balaban J connectivity index is 2.10. The molecule has 0 spiro atoms. The zero-order valence-electron chi connectivity index (χ0n) is 12.3. The SMILES string of the molecule is C[C@H](NC(=O)[C@@H](C)S(C)(=O)=O)c1ccc2c(c1)OCCO2. The lowest BCUT2D eigenvalue weighted by atomic mass is 10.1. The first-order valence-electron chi connectivity index (χ1n) is 6.68. The zero-order valence-corrected chi connectivity index (χ0v) is 13.1. The minimum absolute atomic E-state index is 0.322. The fourth-order valence-corrected chi connectivity index (χ4v) is 2.39. The van der Waals surface area contributed by atoms with Crippen molar-refractivity contribution < 1.29 is 22.7 Å². The van der Waals surface area contributed by atoms with Gasteiger partial charge in [-0.05, 0) is 31.5 Å². The van der Waals surface area contributed by atoms with Crippen molar-refractivity contribution in [3.8, 4) is 11.5 Å². The largest absolute Gasteiger partial charge is 0.486 e. The van der Waals surface area contributed by atoms with Crippen molar-refractivity contribution in [1.82, 2.24) is 5.32 Å². The third-order valence-electron chi connectivity index (χ3n) is 3.44. The van der Waals surface area contributed by atoms with Gasteiger partial charge in [0.15, 0.2) is 21.3 Å². The van der Waals surface area contributed by atoms with E-state index >= 15 is 0 Å². The van der Waals surface area contributed by atoms with Gasteiger partial charge in [0.25, 0.3) is 0 Å². The highest BCUT2D eigenvalue weighted by Crippen LogP contribution is 2.32. The van der Waals surface area contributed by atoms with Gasteiger partial charge in [0.1, 0.15) is 18.5 Å². The molecule has 0 saturated heterocycles. The number of ether oxygens (including phenoxy) is 2. The van der Waals surface area contributed by atoms with Crippen molar-refractivity contribution in [2.75, 3.05) is 19.5 Å². The van der Waals surface area contributed by atoms with Gasteiger partial charge in [-0.25, -0.2) is 8.42 Å². The van der Waals surface area contributed by atoms with Crippen LogP contribution < -0.4 is 14.8 Å². The number of hydrogen-bond acceptors (Lipinski definition) is 5. The van der Waals surface area contributed by atoms with E-state index in [1.165, 1.54) is 6.92 Å². The van der Waals surface area contributed by atoms with Crippen LogP contribution in [0.25, 0.3) is 0 Å². The lowest BCUT2D eigenvalue weighted by Gasteiger charge is -2.21. The van der Waals surface area contributed by atoms with Gasteiger partial charge in [-0.15, -0.1) is 0 Å². The first-order valence-corrected chi connectivity index (χ1v) is 8.63. The summed E-state index contributed by atoms with van der Waals surface area (Å²) >= 11 is 0. The summed E-state index contributed by atoms with van der Waals surface area (Å²) in [5.74, 6) is 0.795. The lowest BCUT2D eigenvalue weighted by molar-refractivity contribution is -0.121. The molecule has 2 atom stereocenters. The Labute approximate surface area is 124 Å². The quantitative estimate of drug-likeness (QED) is 0.899. The number of benzene rings is 1. The summed E-state index contributed by atoms with van der Waals surface area (Å²) in [6, 6.07) is 5.08. The number of sulfone groups is 1. The summed E-state index contributed by atoms with van der Waals surface area (Å²) < 4.78 is 33.7. The second-order valence-electron chi connectivity index (χ2n) is 5.11. The molecule has 1 N–H and O–H groups in total. The van der Waals surface area contributed by atoms with E-state index in [0.717, 1.165) is 11.8 Å². The van der Waals surface area contributed by atoms with Crippen LogP contribution in [0.3, 0.4) is 0 Å². The van der Waals surface area contributed by atoms with Crippen LogP contribution >= 0.6 is 0 Å². The van der Waals surface area contributed by atoms with Crippen LogP contribution in [0.4, 0.5) is 0 Å². The fourth-order valence-electron chi connectivity index (χ4n) is 1.94. The van der Waals surface area contributed by atoms with Crippen LogP contribution in [0.2, 0.25) is 0 Å². The molecule has 0 radical (unpaired) electrons. The Bertz CT molecular complexity index is 641. The normalized spacial score (nSPS) is 16.9. The monoisotopic (exact) mass is 313 g/mol.